The van der Waals surface area contributed by atoms with Crippen LogP contribution in [0.15, 0.2) is 11.6 Å². The van der Waals surface area contributed by atoms with Gasteiger partial charge in [0.1, 0.15) is 6.10 Å². The van der Waals surface area contributed by atoms with Crippen molar-refractivity contribution in [3.05, 3.63) is 11.6 Å². The van der Waals surface area contributed by atoms with Crippen LogP contribution in [0.5, 0.6) is 0 Å². The number of fused-ring (bicyclic) bond motifs is 7. The van der Waals surface area contributed by atoms with Crippen molar-refractivity contribution in [1.82, 2.24) is 0 Å². The summed E-state index contributed by atoms with van der Waals surface area (Å²) in [5.41, 5.74) is -2.60. The van der Waals surface area contributed by atoms with Gasteiger partial charge in [0.25, 0.3) is 0 Å². The molecule has 0 radical (unpaired) electrons. The van der Waals surface area contributed by atoms with E-state index < -0.39 is 34.4 Å². The molecule has 4 fully saturated rings. The van der Waals surface area contributed by atoms with Crippen molar-refractivity contribution < 1.29 is 30.0 Å². The molecule has 5 aliphatic rings. The van der Waals surface area contributed by atoms with Crippen LogP contribution in [0.4, 0.5) is 0 Å². The number of carbonyl (C=O) groups excluding carboxylic acids is 1. The number of carbonyl (C=O) groups is 2. The number of hydrogen-bond donors (Lipinski definition) is 4. The summed E-state index contributed by atoms with van der Waals surface area (Å²) in [6, 6.07) is 0. The van der Waals surface area contributed by atoms with E-state index in [1.165, 1.54) is 0 Å². The Kier molecular flexibility index (Phi) is 5.61. The minimum absolute atomic E-state index is 0.0136. The van der Waals surface area contributed by atoms with Gasteiger partial charge in [-0.15, -0.1) is 0 Å². The molecule has 0 aromatic heterocycles. The van der Waals surface area contributed by atoms with Gasteiger partial charge in [-0.1, -0.05) is 46.3 Å². The molecular formula is C30H46O6. The summed E-state index contributed by atoms with van der Waals surface area (Å²) in [4.78, 5) is 26.0. The Bertz CT molecular complexity index is 1020. The van der Waals surface area contributed by atoms with Crippen LogP contribution in [0, 0.1) is 50.7 Å². The van der Waals surface area contributed by atoms with Gasteiger partial charge in [0, 0.05) is 17.8 Å². The van der Waals surface area contributed by atoms with Crippen LogP contribution >= 0.6 is 0 Å². The minimum Gasteiger partial charge on any atom is -0.481 e. The van der Waals surface area contributed by atoms with Crippen LogP contribution in [0.3, 0.4) is 0 Å². The van der Waals surface area contributed by atoms with E-state index in [1.807, 2.05) is 20.8 Å². The summed E-state index contributed by atoms with van der Waals surface area (Å²) in [6.07, 6.45) is 6.48. The Labute approximate surface area is 215 Å². The molecule has 0 spiro atoms. The fourth-order valence-electron chi connectivity index (χ4n) is 10.8. The van der Waals surface area contributed by atoms with Gasteiger partial charge in [-0.2, -0.15) is 0 Å². The lowest BCUT2D eigenvalue weighted by atomic mass is 9.33. The van der Waals surface area contributed by atoms with Crippen LogP contribution in [-0.2, 0) is 9.59 Å². The number of hydrogen-bond acceptors (Lipinski definition) is 5. The Morgan fingerprint density at radius 1 is 1.03 bits per heavy atom. The number of aliphatic hydroxyl groups is 3. The number of allylic oxidation sites excluding steroid dienone is 1. The molecule has 5 rings (SSSR count). The first kappa shape index (κ1) is 26.4. The van der Waals surface area contributed by atoms with Gasteiger partial charge in [0.2, 0.25) is 0 Å². The maximum absolute atomic E-state index is 13.1. The van der Waals surface area contributed by atoms with Crippen molar-refractivity contribution >= 4 is 11.8 Å². The first-order valence-corrected chi connectivity index (χ1v) is 14.0. The Hall–Kier alpha value is -1.24. The molecule has 0 heterocycles. The largest absolute Gasteiger partial charge is 0.481 e. The monoisotopic (exact) mass is 502 g/mol. The van der Waals surface area contributed by atoms with Crippen molar-refractivity contribution in [2.24, 2.45) is 50.7 Å². The number of rotatable bonds is 2. The molecule has 36 heavy (non-hydrogen) atoms. The second-order valence-corrected chi connectivity index (χ2v) is 14.6. The molecular weight excluding hydrogens is 456 g/mol. The number of aliphatic carboxylic acids is 1. The third kappa shape index (κ3) is 2.85. The van der Waals surface area contributed by atoms with Gasteiger partial charge in [0.05, 0.1) is 17.6 Å². The minimum atomic E-state index is -1.14. The lowest BCUT2D eigenvalue weighted by molar-refractivity contribution is -0.221. The first-order chi connectivity index (χ1) is 16.6. The standard InChI is InChI=1S/C30H46O6/c1-17-9-12-30(24(34)35)14-13-27(4)18(22(30)29(17,6)36)7-8-21-25(2)15-19(32)23(33)26(3,16-31)20(25)10-11-28(21,27)5/h7,17,20-23,31,33,36H,8-16H2,1-6H3,(H,34,35)/t17-,20-,21-,22-,23+,25+,26+,27-,28-,29-,30+/m1/s1. The topological polar surface area (TPSA) is 115 Å². The second-order valence-electron chi connectivity index (χ2n) is 14.6. The summed E-state index contributed by atoms with van der Waals surface area (Å²) in [5, 5.41) is 43.6. The summed E-state index contributed by atoms with van der Waals surface area (Å²) in [6.45, 7) is 12.4. The highest BCUT2D eigenvalue weighted by atomic mass is 16.4. The zero-order chi connectivity index (χ0) is 26.7. The van der Waals surface area contributed by atoms with Crippen LogP contribution < -0.4 is 0 Å². The van der Waals surface area contributed by atoms with Crippen molar-refractivity contribution in [3.63, 3.8) is 0 Å². The Balaban J connectivity index is 1.65. The molecule has 0 unspecified atom stereocenters. The van der Waals surface area contributed by atoms with E-state index in [-0.39, 0.29) is 46.4 Å². The summed E-state index contributed by atoms with van der Waals surface area (Å²) < 4.78 is 0. The molecule has 0 aromatic rings. The molecule has 5 aliphatic carbocycles. The maximum Gasteiger partial charge on any atom is 0.310 e. The predicted molar refractivity (Wildman–Crippen MR) is 136 cm³/mol. The van der Waals surface area contributed by atoms with E-state index in [9.17, 15) is 30.0 Å². The van der Waals surface area contributed by atoms with Crippen molar-refractivity contribution in [2.75, 3.05) is 6.61 Å². The van der Waals surface area contributed by atoms with E-state index in [2.05, 4.69) is 26.8 Å². The highest BCUT2D eigenvalue weighted by Crippen LogP contribution is 2.75. The third-order valence-corrected chi connectivity index (χ3v) is 13.4. The molecule has 4 saturated carbocycles. The zero-order valence-corrected chi connectivity index (χ0v) is 22.9. The van der Waals surface area contributed by atoms with Crippen LogP contribution in [0.25, 0.3) is 0 Å². The summed E-state index contributed by atoms with van der Waals surface area (Å²) in [7, 11) is 0. The lowest BCUT2D eigenvalue weighted by Gasteiger charge is -2.71. The maximum atomic E-state index is 13.1. The van der Waals surface area contributed by atoms with Gasteiger partial charge >= 0.3 is 5.97 Å². The second kappa shape index (κ2) is 7.66. The third-order valence-electron chi connectivity index (χ3n) is 13.4. The molecule has 0 saturated heterocycles. The molecule has 0 bridgehead atoms. The normalized spacial score (nSPS) is 56.5. The molecule has 6 nitrogen and oxygen atoms in total. The highest BCUT2D eigenvalue weighted by molar-refractivity contribution is 5.85. The van der Waals surface area contributed by atoms with E-state index in [1.54, 1.807) is 0 Å². The van der Waals surface area contributed by atoms with Crippen LogP contribution in [0.2, 0.25) is 0 Å². The van der Waals surface area contributed by atoms with Crippen LogP contribution in [-0.4, -0.2) is 50.5 Å². The van der Waals surface area contributed by atoms with Crippen LogP contribution in [0.1, 0.15) is 92.9 Å². The van der Waals surface area contributed by atoms with E-state index in [0.29, 0.717) is 25.7 Å². The van der Waals surface area contributed by atoms with Gasteiger partial charge in [-0.05, 0) is 85.9 Å². The molecule has 202 valence electrons. The zero-order valence-electron chi connectivity index (χ0n) is 22.9. The van der Waals surface area contributed by atoms with E-state index >= 15 is 0 Å². The van der Waals surface area contributed by atoms with Gasteiger partial charge in [-0.3, -0.25) is 9.59 Å². The molecule has 11 atom stereocenters. The van der Waals surface area contributed by atoms with Crippen molar-refractivity contribution in [1.29, 1.82) is 0 Å². The lowest BCUT2D eigenvalue weighted by Crippen LogP contribution is -2.69. The molecule has 6 heteroatoms. The number of aliphatic hydroxyl groups excluding tert-OH is 2. The first-order valence-electron chi connectivity index (χ1n) is 14.0. The number of carboxylic acids is 1. The average molecular weight is 503 g/mol. The van der Waals surface area contributed by atoms with E-state index in [4.69, 9.17) is 0 Å². The average Bonchev–Trinajstić information content (AvgIpc) is 2.80. The molecule has 0 amide bonds. The van der Waals surface area contributed by atoms with Gasteiger partial charge in [0.15, 0.2) is 5.78 Å². The van der Waals surface area contributed by atoms with Gasteiger partial charge in [-0.25, -0.2) is 0 Å². The Morgan fingerprint density at radius 3 is 2.31 bits per heavy atom. The summed E-state index contributed by atoms with van der Waals surface area (Å²) in [5.74, 6) is -1.17. The fraction of sp³-hybridized carbons (Fsp3) is 0.867. The Morgan fingerprint density at radius 2 is 1.69 bits per heavy atom. The molecule has 4 N–H and O–H groups in total. The predicted octanol–water partition coefficient (Wildman–Crippen LogP) is 4.36. The van der Waals surface area contributed by atoms with Crippen molar-refractivity contribution in [3.8, 4) is 0 Å². The highest BCUT2D eigenvalue weighted by Gasteiger charge is 2.72. The number of carboxylic acid groups (broad SMARTS) is 1. The number of ketones is 1. The SMILES string of the molecule is C[C@@H]1CC[C@]2(C(=O)O)CC[C@]3(C)C(=CC[C@@H]4[C@@]5(C)CC(=O)[C@H](O)[C@@](C)(CO)[C@@H]5CC[C@]43C)[C@@H]2[C@]1(C)O. The summed E-state index contributed by atoms with van der Waals surface area (Å²) >= 11 is 0. The number of Topliss-reactive ketones (excluding diaryl/α,β-unsaturated/α-hetero) is 1. The van der Waals surface area contributed by atoms with Gasteiger partial charge < -0.3 is 20.4 Å². The fourth-order valence-corrected chi connectivity index (χ4v) is 10.8. The molecule has 0 aromatic carbocycles. The quantitative estimate of drug-likeness (QED) is 0.417. The smallest absolute Gasteiger partial charge is 0.310 e. The van der Waals surface area contributed by atoms with E-state index in [0.717, 1.165) is 31.3 Å². The van der Waals surface area contributed by atoms with Crippen molar-refractivity contribution in [2.45, 2.75) is 105 Å². The molecule has 0 aliphatic heterocycles.